The number of ether oxygens (including phenoxy) is 1. The van der Waals surface area contributed by atoms with E-state index in [1.54, 1.807) is 6.07 Å². The van der Waals surface area contributed by atoms with Gasteiger partial charge in [-0.2, -0.15) is 0 Å². The normalized spacial score (nSPS) is 10.9. The van der Waals surface area contributed by atoms with E-state index in [-0.39, 0.29) is 29.6 Å². The maximum atomic E-state index is 13.6. The predicted octanol–water partition coefficient (Wildman–Crippen LogP) is 4.30. The van der Waals surface area contributed by atoms with Gasteiger partial charge < -0.3 is 9.15 Å². The van der Waals surface area contributed by atoms with E-state index >= 15 is 0 Å². The summed E-state index contributed by atoms with van der Waals surface area (Å²) in [6.45, 7) is -0.274. The van der Waals surface area contributed by atoms with Gasteiger partial charge in [-0.25, -0.2) is 9.18 Å². The first-order chi connectivity index (χ1) is 13.4. The number of hydrogen-bond acceptors (Lipinski definition) is 7. The summed E-state index contributed by atoms with van der Waals surface area (Å²) in [5.74, 6) is -1.01. The molecule has 0 N–H and O–H groups in total. The number of nitro groups is 1. The Labute approximate surface area is 165 Å². The van der Waals surface area contributed by atoms with E-state index in [0.717, 1.165) is 6.08 Å². The number of rotatable bonds is 6. The molecule has 10 heteroatoms. The number of hydrogen-bond donors (Lipinski definition) is 0. The Morgan fingerprint density at radius 1 is 1.25 bits per heavy atom. The second kappa shape index (κ2) is 8.53. The Balaban J connectivity index is 1.59. The highest BCUT2D eigenvalue weighted by Crippen LogP contribution is 2.21. The van der Waals surface area contributed by atoms with Crippen LogP contribution in [0.25, 0.3) is 17.5 Å². The third-order valence-electron chi connectivity index (χ3n) is 3.49. The predicted molar refractivity (Wildman–Crippen MR) is 99.3 cm³/mol. The molecule has 0 radical (unpaired) electrons. The topological polar surface area (TPSA) is 108 Å². The van der Waals surface area contributed by atoms with Crippen LogP contribution in [0.15, 0.2) is 57.4 Å². The number of esters is 1. The number of benzene rings is 2. The molecule has 0 aliphatic heterocycles. The van der Waals surface area contributed by atoms with Crippen LogP contribution >= 0.6 is 15.9 Å². The van der Waals surface area contributed by atoms with Crippen molar-refractivity contribution in [2.75, 3.05) is 0 Å². The fourth-order valence-electron chi connectivity index (χ4n) is 2.14. The Kier molecular flexibility index (Phi) is 5.90. The number of halogens is 2. The number of carbonyl (C=O) groups is 1. The molecule has 0 atom stereocenters. The summed E-state index contributed by atoms with van der Waals surface area (Å²) in [7, 11) is 0. The van der Waals surface area contributed by atoms with Crippen molar-refractivity contribution in [3.8, 4) is 11.5 Å². The Bertz CT molecular complexity index is 1050. The standard InChI is InChI=1S/C18H11BrFN3O5/c19-13-4-7-15(20)12(9-13)3-8-17(24)27-10-16-21-22-18(28-16)11-1-5-14(6-2-11)23(25)26/h1-9H,10H2/b8-3+. The van der Waals surface area contributed by atoms with Crippen LogP contribution in [0.1, 0.15) is 11.5 Å². The van der Waals surface area contributed by atoms with E-state index in [0.29, 0.717) is 10.0 Å². The molecule has 0 aliphatic carbocycles. The molecule has 0 saturated carbocycles. The van der Waals surface area contributed by atoms with Gasteiger partial charge in [-0.05, 0) is 36.4 Å². The zero-order valence-electron chi connectivity index (χ0n) is 14.0. The summed E-state index contributed by atoms with van der Waals surface area (Å²) in [6, 6.07) is 9.90. The molecular weight excluding hydrogens is 437 g/mol. The Morgan fingerprint density at radius 2 is 2.00 bits per heavy atom. The van der Waals surface area contributed by atoms with Crippen LogP contribution in [-0.2, 0) is 16.1 Å². The average molecular weight is 448 g/mol. The molecule has 0 bridgehead atoms. The molecule has 3 rings (SSSR count). The fourth-order valence-corrected chi connectivity index (χ4v) is 2.51. The summed E-state index contributed by atoms with van der Waals surface area (Å²) in [4.78, 5) is 21.9. The van der Waals surface area contributed by atoms with Crippen molar-refractivity contribution in [1.29, 1.82) is 0 Å². The van der Waals surface area contributed by atoms with Gasteiger partial charge in [0.1, 0.15) is 5.82 Å². The van der Waals surface area contributed by atoms with Gasteiger partial charge in [0.15, 0.2) is 6.61 Å². The summed E-state index contributed by atoms with van der Waals surface area (Å²) in [5.41, 5.74) is 0.649. The lowest BCUT2D eigenvalue weighted by molar-refractivity contribution is -0.384. The van der Waals surface area contributed by atoms with Crippen LogP contribution < -0.4 is 0 Å². The molecule has 0 fully saturated rings. The highest BCUT2D eigenvalue weighted by molar-refractivity contribution is 9.10. The second-order valence-electron chi connectivity index (χ2n) is 5.41. The molecule has 8 nitrogen and oxygen atoms in total. The molecule has 0 spiro atoms. The molecule has 2 aromatic carbocycles. The molecule has 1 aromatic heterocycles. The van der Waals surface area contributed by atoms with Gasteiger partial charge in [-0.15, -0.1) is 10.2 Å². The van der Waals surface area contributed by atoms with E-state index < -0.39 is 16.7 Å². The zero-order chi connectivity index (χ0) is 20.1. The molecule has 1 heterocycles. The van der Waals surface area contributed by atoms with Gasteiger partial charge in [0, 0.05) is 33.8 Å². The molecule has 0 amide bonds. The van der Waals surface area contributed by atoms with Gasteiger partial charge in [0.2, 0.25) is 5.89 Å². The molecule has 28 heavy (non-hydrogen) atoms. The van der Waals surface area contributed by atoms with Crippen LogP contribution in [0.4, 0.5) is 10.1 Å². The number of non-ortho nitro benzene ring substituents is 1. The lowest BCUT2D eigenvalue weighted by Crippen LogP contribution is -2.01. The first-order valence-corrected chi connectivity index (χ1v) is 8.59. The minimum absolute atomic E-state index is 0.0451. The van der Waals surface area contributed by atoms with Crippen molar-refractivity contribution in [2.24, 2.45) is 0 Å². The van der Waals surface area contributed by atoms with Crippen molar-refractivity contribution < 1.29 is 23.3 Å². The fraction of sp³-hybridized carbons (Fsp3) is 0.0556. The second-order valence-corrected chi connectivity index (χ2v) is 6.33. The molecule has 0 unspecified atom stereocenters. The summed E-state index contributed by atoms with van der Waals surface area (Å²) in [5, 5.41) is 18.2. The van der Waals surface area contributed by atoms with Gasteiger partial charge >= 0.3 is 5.97 Å². The Hall–Kier alpha value is -3.40. The molecule has 3 aromatic rings. The third kappa shape index (κ3) is 4.86. The van der Waals surface area contributed by atoms with Gasteiger partial charge in [0.05, 0.1) is 4.92 Å². The number of carbonyl (C=O) groups excluding carboxylic acids is 1. The van der Waals surface area contributed by atoms with Crippen LogP contribution in [0, 0.1) is 15.9 Å². The van der Waals surface area contributed by atoms with E-state index in [4.69, 9.17) is 9.15 Å². The maximum absolute atomic E-state index is 13.6. The monoisotopic (exact) mass is 447 g/mol. The smallest absolute Gasteiger partial charge is 0.331 e. The van der Waals surface area contributed by atoms with Crippen molar-refractivity contribution >= 4 is 33.7 Å². The van der Waals surface area contributed by atoms with Gasteiger partial charge in [-0.1, -0.05) is 15.9 Å². The van der Waals surface area contributed by atoms with Crippen molar-refractivity contribution in [3.05, 3.63) is 80.4 Å². The van der Waals surface area contributed by atoms with Crippen molar-refractivity contribution in [3.63, 3.8) is 0 Å². The third-order valence-corrected chi connectivity index (χ3v) is 3.98. The number of aromatic nitrogens is 2. The number of nitro benzene ring substituents is 1. The highest BCUT2D eigenvalue weighted by atomic mass is 79.9. The molecular formula is C18H11BrFN3O5. The van der Waals surface area contributed by atoms with Crippen LogP contribution in [0.2, 0.25) is 0 Å². The van der Waals surface area contributed by atoms with Crippen molar-refractivity contribution in [1.82, 2.24) is 10.2 Å². The quantitative estimate of drug-likeness (QED) is 0.239. The summed E-state index contributed by atoms with van der Waals surface area (Å²) >= 11 is 3.22. The minimum Gasteiger partial charge on any atom is -0.452 e. The average Bonchev–Trinajstić information content (AvgIpc) is 3.16. The summed E-state index contributed by atoms with van der Waals surface area (Å²) < 4.78 is 24.6. The molecule has 142 valence electrons. The van der Waals surface area contributed by atoms with Crippen LogP contribution in [0.5, 0.6) is 0 Å². The first kappa shape index (κ1) is 19.4. The largest absolute Gasteiger partial charge is 0.452 e. The number of nitrogens with zero attached hydrogens (tertiary/aromatic N) is 3. The summed E-state index contributed by atoms with van der Waals surface area (Å²) in [6.07, 6.45) is 2.37. The zero-order valence-corrected chi connectivity index (χ0v) is 15.6. The maximum Gasteiger partial charge on any atom is 0.331 e. The van der Waals surface area contributed by atoms with E-state index in [1.807, 2.05) is 0 Å². The Morgan fingerprint density at radius 3 is 2.71 bits per heavy atom. The SMILES string of the molecule is O=C(/C=C/c1cc(Br)ccc1F)OCc1nnc(-c2ccc([N+](=O)[O-])cc2)o1. The van der Waals surface area contributed by atoms with Crippen LogP contribution in [0.3, 0.4) is 0 Å². The van der Waals surface area contributed by atoms with E-state index in [9.17, 15) is 19.3 Å². The van der Waals surface area contributed by atoms with Gasteiger partial charge in [-0.3, -0.25) is 10.1 Å². The van der Waals surface area contributed by atoms with Gasteiger partial charge in [0.25, 0.3) is 11.6 Å². The van der Waals surface area contributed by atoms with E-state index in [1.165, 1.54) is 42.5 Å². The lowest BCUT2D eigenvalue weighted by atomic mass is 10.2. The van der Waals surface area contributed by atoms with Crippen LogP contribution in [-0.4, -0.2) is 21.1 Å². The lowest BCUT2D eigenvalue weighted by Gasteiger charge is -1.99. The first-order valence-electron chi connectivity index (χ1n) is 7.79. The minimum atomic E-state index is -0.713. The van der Waals surface area contributed by atoms with E-state index in [2.05, 4.69) is 26.1 Å². The molecule has 0 aliphatic rings. The molecule has 0 saturated heterocycles. The van der Waals surface area contributed by atoms with Crippen molar-refractivity contribution in [2.45, 2.75) is 6.61 Å². The highest BCUT2D eigenvalue weighted by Gasteiger charge is 2.12.